The first-order chi connectivity index (χ1) is 5.81. The highest BCUT2D eigenvalue weighted by Crippen LogP contribution is 2.26. The van der Waals surface area contributed by atoms with E-state index in [-0.39, 0.29) is 5.82 Å². The Morgan fingerprint density at radius 2 is 2.25 bits per heavy atom. The van der Waals surface area contributed by atoms with Crippen molar-refractivity contribution in [3.05, 3.63) is 34.3 Å². The fraction of sp³-hybridized carbons (Fsp3) is 0.200. The van der Waals surface area contributed by atoms with Crippen molar-refractivity contribution in [2.24, 2.45) is 0 Å². The van der Waals surface area contributed by atoms with Gasteiger partial charge in [0.15, 0.2) is 0 Å². The Hall–Kier alpha value is -0.890. The maximum Gasteiger partial charge on any atom is 0.123 e. The van der Waals surface area contributed by atoms with Crippen LogP contribution in [0.1, 0.15) is 11.8 Å². The number of thiophene rings is 1. The minimum Gasteiger partial charge on any atom is -0.207 e. The summed E-state index contributed by atoms with van der Waals surface area (Å²) >= 11 is 1.70. The van der Waals surface area contributed by atoms with E-state index in [1.54, 1.807) is 17.4 Å². The Bertz CT molecular complexity index is 403. The molecule has 1 aromatic heterocycles. The van der Waals surface area contributed by atoms with Crippen LogP contribution in [-0.4, -0.2) is 0 Å². The van der Waals surface area contributed by atoms with E-state index in [1.165, 1.54) is 10.9 Å². The van der Waals surface area contributed by atoms with Gasteiger partial charge in [-0.25, -0.2) is 4.39 Å². The lowest BCUT2D eigenvalue weighted by atomic mass is 10.1. The molecule has 2 aromatic rings. The first-order valence-electron chi connectivity index (χ1n) is 3.97. The molecule has 0 amide bonds. The zero-order chi connectivity index (χ0) is 8.55. The summed E-state index contributed by atoms with van der Waals surface area (Å²) in [5.41, 5.74) is 0. The number of benzene rings is 1. The highest BCUT2D eigenvalue weighted by atomic mass is 32.1. The second-order valence-electron chi connectivity index (χ2n) is 2.74. The summed E-state index contributed by atoms with van der Waals surface area (Å²) in [7, 11) is 0. The molecule has 2 heteroatoms. The Balaban J connectivity index is 2.75. The van der Waals surface area contributed by atoms with Crippen molar-refractivity contribution < 1.29 is 4.39 Å². The average molecular weight is 180 g/mol. The maximum atomic E-state index is 12.8. The van der Waals surface area contributed by atoms with Crippen molar-refractivity contribution in [1.29, 1.82) is 0 Å². The monoisotopic (exact) mass is 180 g/mol. The van der Waals surface area contributed by atoms with Gasteiger partial charge < -0.3 is 0 Å². The molecule has 2 rings (SSSR count). The summed E-state index contributed by atoms with van der Waals surface area (Å²) in [6, 6.07) is 4.96. The number of hydrogen-bond acceptors (Lipinski definition) is 1. The minimum absolute atomic E-state index is 0.143. The molecule has 0 N–H and O–H groups in total. The topological polar surface area (TPSA) is 0 Å². The van der Waals surface area contributed by atoms with Crippen molar-refractivity contribution in [3.8, 4) is 0 Å². The molecule has 1 aromatic carbocycles. The Kier molecular flexibility index (Phi) is 1.85. The first-order valence-corrected chi connectivity index (χ1v) is 4.85. The van der Waals surface area contributed by atoms with E-state index in [0.29, 0.717) is 0 Å². The molecule has 0 saturated heterocycles. The third-order valence-corrected chi connectivity index (χ3v) is 3.13. The molecule has 0 aliphatic rings. The largest absolute Gasteiger partial charge is 0.207 e. The Morgan fingerprint density at radius 3 is 3.00 bits per heavy atom. The first kappa shape index (κ1) is 7.74. The third kappa shape index (κ3) is 1.12. The highest BCUT2D eigenvalue weighted by molar-refractivity contribution is 7.11. The lowest BCUT2D eigenvalue weighted by molar-refractivity contribution is 0.629. The molecule has 0 atom stereocenters. The lowest BCUT2D eigenvalue weighted by Crippen LogP contribution is -1.75. The Morgan fingerprint density at radius 1 is 1.42 bits per heavy atom. The van der Waals surface area contributed by atoms with E-state index < -0.39 is 0 Å². The molecular formula is C10H9FS. The van der Waals surface area contributed by atoms with Crippen molar-refractivity contribution in [2.75, 3.05) is 0 Å². The number of rotatable bonds is 1. The second-order valence-corrected chi connectivity index (χ2v) is 3.71. The van der Waals surface area contributed by atoms with Gasteiger partial charge in [0.25, 0.3) is 0 Å². The molecule has 0 bridgehead atoms. The summed E-state index contributed by atoms with van der Waals surface area (Å²) in [4.78, 5) is 1.27. The van der Waals surface area contributed by atoms with E-state index in [1.807, 2.05) is 6.07 Å². The SMILES string of the molecule is CCc1scc2ccc(F)cc12. The number of aryl methyl sites for hydroxylation is 1. The van der Waals surface area contributed by atoms with Crippen LogP contribution in [0.25, 0.3) is 10.8 Å². The fourth-order valence-electron chi connectivity index (χ4n) is 1.34. The molecule has 0 spiro atoms. The molecule has 12 heavy (non-hydrogen) atoms. The molecule has 0 nitrogen and oxygen atoms in total. The van der Waals surface area contributed by atoms with Crippen LogP contribution in [0.3, 0.4) is 0 Å². The number of fused-ring (bicyclic) bond motifs is 1. The van der Waals surface area contributed by atoms with Gasteiger partial charge in [0, 0.05) is 4.88 Å². The van der Waals surface area contributed by atoms with Gasteiger partial charge in [-0.05, 0) is 34.7 Å². The van der Waals surface area contributed by atoms with Crippen LogP contribution >= 0.6 is 11.3 Å². The van der Waals surface area contributed by atoms with Crippen LogP contribution in [0.2, 0.25) is 0 Å². The predicted octanol–water partition coefficient (Wildman–Crippen LogP) is 3.60. The van der Waals surface area contributed by atoms with Gasteiger partial charge in [0.05, 0.1) is 0 Å². The highest BCUT2D eigenvalue weighted by Gasteiger charge is 2.02. The van der Waals surface area contributed by atoms with E-state index in [0.717, 1.165) is 17.2 Å². The van der Waals surface area contributed by atoms with Crippen LogP contribution < -0.4 is 0 Å². The van der Waals surface area contributed by atoms with Crippen LogP contribution in [0.15, 0.2) is 23.6 Å². The molecule has 0 unspecified atom stereocenters. The number of hydrogen-bond donors (Lipinski definition) is 0. The summed E-state index contributed by atoms with van der Waals surface area (Å²) < 4.78 is 12.8. The van der Waals surface area contributed by atoms with Gasteiger partial charge in [-0.3, -0.25) is 0 Å². The summed E-state index contributed by atoms with van der Waals surface area (Å²) in [6.07, 6.45) is 0.984. The second kappa shape index (κ2) is 2.87. The summed E-state index contributed by atoms with van der Waals surface area (Å²) in [6.45, 7) is 2.09. The maximum absolute atomic E-state index is 12.8. The average Bonchev–Trinajstić information content (AvgIpc) is 2.46. The van der Waals surface area contributed by atoms with E-state index >= 15 is 0 Å². The van der Waals surface area contributed by atoms with Crippen molar-refractivity contribution >= 4 is 22.1 Å². The van der Waals surface area contributed by atoms with Crippen molar-refractivity contribution in [3.63, 3.8) is 0 Å². The van der Waals surface area contributed by atoms with Gasteiger partial charge in [-0.1, -0.05) is 13.0 Å². The van der Waals surface area contributed by atoms with Gasteiger partial charge in [-0.2, -0.15) is 0 Å². The molecule has 0 fully saturated rings. The zero-order valence-electron chi connectivity index (χ0n) is 6.80. The van der Waals surface area contributed by atoms with Gasteiger partial charge in [-0.15, -0.1) is 11.3 Å². The molecule has 0 saturated carbocycles. The van der Waals surface area contributed by atoms with Crippen LogP contribution in [-0.2, 0) is 6.42 Å². The smallest absolute Gasteiger partial charge is 0.123 e. The summed E-state index contributed by atoms with van der Waals surface area (Å²) in [5, 5.41) is 4.30. The minimum atomic E-state index is -0.143. The van der Waals surface area contributed by atoms with Gasteiger partial charge in [0.1, 0.15) is 5.82 Å². The van der Waals surface area contributed by atoms with Crippen molar-refractivity contribution in [1.82, 2.24) is 0 Å². The summed E-state index contributed by atoms with van der Waals surface area (Å²) in [5.74, 6) is -0.143. The van der Waals surface area contributed by atoms with Gasteiger partial charge in [0.2, 0.25) is 0 Å². The predicted molar refractivity (Wildman–Crippen MR) is 51.2 cm³/mol. The van der Waals surface area contributed by atoms with Crippen LogP contribution in [0.5, 0.6) is 0 Å². The standard InChI is InChI=1S/C10H9FS/c1-2-10-9-5-8(11)4-3-7(9)6-12-10/h3-6H,2H2,1H3. The van der Waals surface area contributed by atoms with Crippen LogP contribution in [0.4, 0.5) is 4.39 Å². The van der Waals surface area contributed by atoms with E-state index in [4.69, 9.17) is 0 Å². The molecule has 0 aliphatic carbocycles. The molecule has 62 valence electrons. The zero-order valence-corrected chi connectivity index (χ0v) is 7.62. The van der Waals surface area contributed by atoms with E-state index in [9.17, 15) is 4.39 Å². The molecule has 0 aliphatic heterocycles. The molecule has 1 heterocycles. The quantitative estimate of drug-likeness (QED) is 0.629. The Labute approximate surface area is 74.6 Å². The number of halogens is 1. The normalized spacial score (nSPS) is 10.8. The lowest BCUT2D eigenvalue weighted by Gasteiger charge is -1.93. The fourth-order valence-corrected chi connectivity index (χ4v) is 2.29. The molecule has 0 radical (unpaired) electrons. The van der Waals surface area contributed by atoms with Crippen LogP contribution in [0, 0.1) is 5.82 Å². The third-order valence-electron chi connectivity index (χ3n) is 1.97. The van der Waals surface area contributed by atoms with Gasteiger partial charge >= 0.3 is 0 Å². The molecular weight excluding hydrogens is 171 g/mol. The van der Waals surface area contributed by atoms with Crippen molar-refractivity contribution in [2.45, 2.75) is 13.3 Å². The van der Waals surface area contributed by atoms with E-state index in [2.05, 4.69) is 12.3 Å².